The van der Waals surface area contributed by atoms with Crippen LogP contribution in [0.1, 0.15) is 29.9 Å². The van der Waals surface area contributed by atoms with Crippen molar-refractivity contribution >= 4 is 5.82 Å². The number of aryl methyl sites for hydroxylation is 2. The Labute approximate surface area is 125 Å². The number of hydrogen-bond donors (Lipinski definition) is 1. The van der Waals surface area contributed by atoms with Gasteiger partial charge in [-0.2, -0.15) is 5.10 Å². The summed E-state index contributed by atoms with van der Waals surface area (Å²) in [5.74, 6) is 1.82. The fraction of sp³-hybridized carbons (Fsp3) is 0.533. The summed E-state index contributed by atoms with van der Waals surface area (Å²) in [6, 6.07) is 2.67. The highest BCUT2D eigenvalue weighted by Crippen LogP contribution is 2.32. The van der Waals surface area contributed by atoms with Gasteiger partial charge in [0.25, 0.3) is 0 Å². The quantitative estimate of drug-likeness (QED) is 0.863. The van der Waals surface area contributed by atoms with Gasteiger partial charge in [0.1, 0.15) is 11.6 Å². The van der Waals surface area contributed by atoms with Gasteiger partial charge in [-0.05, 0) is 26.3 Å². The van der Waals surface area contributed by atoms with Crippen LogP contribution in [0.25, 0.3) is 0 Å². The van der Waals surface area contributed by atoms with Gasteiger partial charge in [-0.25, -0.2) is 9.97 Å². The molecule has 0 spiro atoms. The Kier molecular flexibility index (Phi) is 3.88. The van der Waals surface area contributed by atoms with Crippen LogP contribution >= 0.6 is 0 Å². The smallest absolute Gasteiger partial charge is 0.133 e. The summed E-state index contributed by atoms with van der Waals surface area (Å²) in [6.07, 6.45) is 7.24. The lowest BCUT2D eigenvalue weighted by atomic mass is 10.2. The van der Waals surface area contributed by atoms with Gasteiger partial charge in [-0.1, -0.05) is 0 Å². The third kappa shape index (κ3) is 3.39. The zero-order valence-corrected chi connectivity index (χ0v) is 12.7. The van der Waals surface area contributed by atoms with E-state index in [9.17, 15) is 0 Å². The van der Waals surface area contributed by atoms with Crippen LogP contribution in [0, 0.1) is 6.92 Å². The van der Waals surface area contributed by atoms with E-state index < -0.39 is 0 Å². The molecule has 3 rings (SSSR count). The summed E-state index contributed by atoms with van der Waals surface area (Å²) >= 11 is 0. The summed E-state index contributed by atoms with van der Waals surface area (Å²) in [5, 5.41) is 4.25. The Hall–Kier alpha value is -1.95. The van der Waals surface area contributed by atoms with Crippen LogP contribution in [0.4, 0.5) is 5.82 Å². The van der Waals surface area contributed by atoms with Crippen molar-refractivity contribution in [1.29, 1.82) is 0 Å². The van der Waals surface area contributed by atoms with Crippen LogP contribution in [0.5, 0.6) is 0 Å². The van der Waals surface area contributed by atoms with Crippen molar-refractivity contribution < 1.29 is 0 Å². The van der Waals surface area contributed by atoms with Gasteiger partial charge in [-0.15, -0.1) is 0 Å². The van der Waals surface area contributed by atoms with Gasteiger partial charge in [0.15, 0.2) is 0 Å². The van der Waals surface area contributed by atoms with Gasteiger partial charge in [0.2, 0.25) is 0 Å². The molecule has 21 heavy (non-hydrogen) atoms. The lowest BCUT2D eigenvalue weighted by Crippen LogP contribution is -2.26. The summed E-state index contributed by atoms with van der Waals surface area (Å²) in [4.78, 5) is 11.5. The SMILES string of the molecule is Cc1nc(CCN)cc(N(Cc2cnn(C)c2)C2CC2)n1. The Bertz CT molecular complexity index is 616. The molecular weight excluding hydrogens is 264 g/mol. The van der Waals surface area contributed by atoms with Crippen molar-refractivity contribution in [1.82, 2.24) is 19.7 Å². The molecule has 0 atom stereocenters. The zero-order valence-electron chi connectivity index (χ0n) is 12.7. The molecule has 2 aromatic heterocycles. The predicted octanol–water partition coefficient (Wildman–Crippen LogP) is 1.19. The second kappa shape index (κ2) is 5.81. The molecule has 0 bridgehead atoms. The Morgan fingerprint density at radius 3 is 2.81 bits per heavy atom. The molecular formula is C15H22N6. The molecule has 112 valence electrons. The molecule has 1 aliphatic carbocycles. The normalized spacial score (nSPS) is 14.4. The summed E-state index contributed by atoms with van der Waals surface area (Å²) < 4.78 is 1.84. The van der Waals surface area contributed by atoms with Gasteiger partial charge in [-0.3, -0.25) is 4.68 Å². The van der Waals surface area contributed by atoms with E-state index in [0.717, 1.165) is 30.3 Å². The molecule has 1 saturated carbocycles. The van der Waals surface area contributed by atoms with Crippen LogP contribution in [0.3, 0.4) is 0 Å². The maximum atomic E-state index is 5.65. The molecule has 0 aliphatic heterocycles. The second-order valence-corrected chi connectivity index (χ2v) is 5.68. The van der Waals surface area contributed by atoms with Crippen LogP contribution in [-0.2, 0) is 20.0 Å². The Morgan fingerprint density at radius 1 is 1.38 bits per heavy atom. The topological polar surface area (TPSA) is 72.9 Å². The van der Waals surface area contributed by atoms with Crippen LogP contribution in [0.2, 0.25) is 0 Å². The number of rotatable bonds is 6. The number of nitrogens with two attached hydrogens (primary N) is 1. The molecule has 0 unspecified atom stereocenters. The third-order valence-corrected chi connectivity index (χ3v) is 3.67. The average molecular weight is 286 g/mol. The van der Waals surface area contributed by atoms with Crippen molar-refractivity contribution in [3.63, 3.8) is 0 Å². The Morgan fingerprint density at radius 2 is 2.19 bits per heavy atom. The lowest BCUT2D eigenvalue weighted by molar-refractivity contribution is 0.754. The highest BCUT2D eigenvalue weighted by atomic mass is 15.3. The lowest BCUT2D eigenvalue weighted by Gasteiger charge is -2.23. The van der Waals surface area contributed by atoms with E-state index in [1.807, 2.05) is 24.9 Å². The summed E-state index contributed by atoms with van der Waals surface area (Å²) in [7, 11) is 1.94. The molecule has 6 nitrogen and oxygen atoms in total. The van der Waals surface area contributed by atoms with Crippen molar-refractivity contribution in [3.05, 3.63) is 35.5 Å². The van der Waals surface area contributed by atoms with E-state index in [0.29, 0.717) is 12.6 Å². The fourth-order valence-corrected chi connectivity index (χ4v) is 2.57. The maximum Gasteiger partial charge on any atom is 0.133 e. The largest absolute Gasteiger partial charge is 0.349 e. The highest BCUT2D eigenvalue weighted by Gasteiger charge is 2.30. The van der Waals surface area contributed by atoms with Crippen molar-refractivity contribution in [3.8, 4) is 0 Å². The first-order valence-corrected chi connectivity index (χ1v) is 7.44. The first kappa shape index (κ1) is 14.0. The minimum absolute atomic E-state index is 0.588. The number of aromatic nitrogens is 4. The first-order valence-electron chi connectivity index (χ1n) is 7.44. The molecule has 0 radical (unpaired) electrons. The molecule has 1 aliphatic rings. The Balaban J connectivity index is 1.86. The van der Waals surface area contributed by atoms with Crippen LogP contribution in [-0.4, -0.2) is 32.3 Å². The standard InChI is InChI=1S/C15H22N6/c1-11-18-13(5-6-16)7-15(19-11)21(14-3-4-14)10-12-8-17-20(2)9-12/h7-9,14H,3-6,10,16H2,1-2H3. The molecule has 2 aromatic rings. The second-order valence-electron chi connectivity index (χ2n) is 5.68. The molecule has 0 amide bonds. The van der Waals surface area contributed by atoms with Crippen molar-refractivity contribution in [2.24, 2.45) is 12.8 Å². The van der Waals surface area contributed by atoms with Crippen LogP contribution < -0.4 is 10.6 Å². The number of nitrogens with zero attached hydrogens (tertiary/aromatic N) is 5. The van der Waals surface area contributed by atoms with Crippen molar-refractivity contribution in [2.75, 3.05) is 11.4 Å². The monoisotopic (exact) mass is 286 g/mol. The number of hydrogen-bond acceptors (Lipinski definition) is 5. The van der Waals surface area contributed by atoms with E-state index in [4.69, 9.17) is 5.73 Å². The van der Waals surface area contributed by atoms with Gasteiger partial charge < -0.3 is 10.6 Å². The fourth-order valence-electron chi connectivity index (χ4n) is 2.57. The van der Waals surface area contributed by atoms with Gasteiger partial charge in [0.05, 0.1) is 6.20 Å². The van der Waals surface area contributed by atoms with E-state index in [-0.39, 0.29) is 0 Å². The summed E-state index contributed by atoms with van der Waals surface area (Å²) in [5.41, 5.74) is 7.88. The maximum absolute atomic E-state index is 5.65. The molecule has 2 N–H and O–H groups in total. The van der Waals surface area contributed by atoms with Crippen molar-refractivity contribution in [2.45, 2.75) is 38.8 Å². The third-order valence-electron chi connectivity index (χ3n) is 3.67. The predicted molar refractivity (Wildman–Crippen MR) is 81.9 cm³/mol. The summed E-state index contributed by atoms with van der Waals surface area (Å²) in [6.45, 7) is 3.40. The molecule has 6 heteroatoms. The zero-order chi connectivity index (χ0) is 14.8. The van der Waals surface area contributed by atoms with Gasteiger partial charge >= 0.3 is 0 Å². The molecule has 0 aromatic carbocycles. The molecule has 0 saturated heterocycles. The van der Waals surface area contributed by atoms with E-state index in [1.54, 1.807) is 0 Å². The minimum atomic E-state index is 0.588. The minimum Gasteiger partial charge on any atom is -0.349 e. The van der Waals surface area contributed by atoms with E-state index in [2.05, 4.69) is 32.2 Å². The van der Waals surface area contributed by atoms with E-state index >= 15 is 0 Å². The number of anilines is 1. The molecule has 2 heterocycles. The average Bonchev–Trinajstić information content (AvgIpc) is 3.19. The highest BCUT2D eigenvalue weighted by molar-refractivity contribution is 5.43. The molecule has 1 fully saturated rings. The van der Waals surface area contributed by atoms with Crippen LogP contribution in [0.15, 0.2) is 18.5 Å². The first-order chi connectivity index (χ1) is 10.2. The van der Waals surface area contributed by atoms with Gasteiger partial charge in [0, 0.05) is 49.6 Å². The van der Waals surface area contributed by atoms with E-state index in [1.165, 1.54) is 18.4 Å².